The smallest absolute Gasteiger partial charge is 0.248 e. The highest BCUT2D eigenvalue weighted by Gasteiger charge is 2.04. The Morgan fingerprint density at radius 3 is 2.58 bits per heavy atom. The number of aryl methyl sites for hydroxylation is 2. The van der Waals surface area contributed by atoms with Crippen LogP contribution < -0.4 is 10.6 Å². The first-order valence-corrected chi connectivity index (χ1v) is 8.09. The quantitative estimate of drug-likeness (QED) is 0.710. The molecule has 0 atom stereocenters. The van der Waals surface area contributed by atoms with E-state index in [1.54, 1.807) is 11.0 Å². The standard InChI is InChI=1S/C18H19N5S/c1-13-6-8-16(9-7-13)20-18(24)21-17-19-12-23(22-17)11-15-5-3-4-14(2)10-15/h3-10,12H,11H2,1-2H3,(H2,20,21,22,24). The molecular formula is C18H19N5S. The zero-order valence-corrected chi connectivity index (χ0v) is 14.5. The summed E-state index contributed by atoms with van der Waals surface area (Å²) in [7, 11) is 0. The van der Waals surface area contributed by atoms with Crippen LogP contribution in [0.25, 0.3) is 0 Å². The van der Waals surface area contributed by atoms with Crippen molar-refractivity contribution in [3.63, 3.8) is 0 Å². The molecule has 0 saturated heterocycles. The number of nitrogens with one attached hydrogen (secondary N) is 2. The molecule has 0 unspecified atom stereocenters. The normalized spacial score (nSPS) is 10.4. The summed E-state index contributed by atoms with van der Waals surface area (Å²) in [4.78, 5) is 4.24. The number of thiocarbonyl (C=S) groups is 1. The lowest BCUT2D eigenvalue weighted by molar-refractivity contribution is 0.687. The van der Waals surface area contributed by atoms with Gasteiger partial charge in [-0.1, -0.05) is 47.5 Å². The third-order valence-corrected chi connectivity index (χ3v) is 3.70. The molecule has 1 heterocycles. The Morgan fingerprint density at radius 1 is 1.04 bits per heavy atom. The van der Waals surface area contributed by atoms with E-state index in [2.05, 4.69) is 45.8 Å². The van der Waals surface area contributed by atoms with Gasteiger partial charge in [-0.15, -0.1) is 5.10 Å². The van der Waals surface area contributed by atoms with Crippen molar-refractivity contribution in [3.05, 3.63) is 71.5 Å². The van der Waals surface area contributed by atoms with E-state index in [0.29, 0.717) is 17.6 Å². The van der Waals surface area contributed by atoms with Crippen LogP contribution in [0.2, 0.25) is 0 Å². The zero-order chi connectivity index (χ0) is 16.9. The average Bonchev–Trinajstić information content (AvgIpc) is 2.96. The van der Waals surface area contributed by atoms with Gasteiger partial charge in [-0.2, -0.15) is 0 Å². The van der Waals surface area contributed by atoms with Gasteiger partial charge in [0.25, 0.3) is 0 Å². The molecule has 0 radical (unpaired) electrons. The highest BCUT2D eigenvalue weighted by atomic mass is 32.1. The summed E-state index contributed by atoms with van der Waals surface area (Å²) in [5.74, 6) is 0.479. The van der Waals surface area contributed by atoms with E-state index in [1.165, 1.54) is 16.7 Å². The Labute approximate surface area is 146 Å². The van der Waals surface area contributed by atoms with E-state index in [1.807, 2.05) is 37.3 Å². The fourth-order valence-corrected chi connectivity index (χ4v) is 2.54. The van der Waals surface area contributed by atoms with Crippen molar-refractivity contribution in [1.82, 2.24) is 14.8 Å². The molecule has 0 spiro atoms. The summed E-state index contributed by atoms with van der Waals surface area (Å²) in [6, 6.07) is 16.3. The third kappa shape index (κ3) is 4.39. The molecular weight excluding hydrogens is 318 g/mol. The van der Waals surface area contributed by atoms with Crippen LogP contribution in [-0.4, -0.2) is 19.9 Å². The van der Waals surface area contributed by atoms with Crippen molar-refractivity contribution in [2.75, 3.05) is 10.6 Å². The Balaban J connectivity index is 1.59. The number of nitrogens with zero attached hydrogens (tertiary/aromatic N) is 3. The molecule has 5 nitrogen and oxygen atoms in total. The second-order valence-electron chi connectivity index (χ2n) is 5.70. The predicted octanol–water partition coefficient (Wildman–Crippen LogP) is 3.75. The third-order valence-electron chi connectivity index (χ3n) is 3.50. The summed E-state index contributed by atoms with van der Waals surface area (Å²) < 4.78 is 1.78. The van der Waals surface area contributed by atoms with Gasteiger partial charge in [0.05, 0.1) is 6.54 Å². The van der Waals surface area contributed by atoms with Crippen LogP contribution in [0.5, 0.6) is 0 Å². The number of aromatic nitrogens is 3. The van der Waals surface area contributed by atoms with Gasteiger partial charge < -0.3 is 5.32 Å². The van der Waals surface area contributed by atoms with Crippen molar-refractivity contribution in [2.24, 2.45) is 0 Å². The SMILES string of the molecule is Cc1ccc(NC(=S)Nc2ncn(Cc3cccc(C)c3)n2)cc1. The maximum Gasteiger partial charge on any atom is 0.248 e. The van der Waals surface area contributed by atoms with Crippen molar-refractivity contribution < 1.29 is 0 Å². The fraction of sp³-hybridized carbons (Fsp3) is 0.167. The van der Waals surface area contributed by atoms with E-state index in [0.717, 1.165) is 5.69 Å². The average molecular weight is 337 g/mol. The van der Waals surface area contributed by atoms with Gasteiger partial charge in [0.15, 0.2) is 5.11 Å². The van der Waals surface area contributed by atoms with Crippen LogP contribution in [0.1, 0.15) is 16.7 Å². The molecule has 0 aliphatic rings. The Morgan fingerprint density at radius 2 is 1.83 bits per heavy atom. The lowest BCUT2D eigenvalue weighted by atomic mass is 10.1. The molecule has 0 aliphatic heterocycles. The number of hydrogen-bond donors (Lipinski definition) is 2. The monoisotopic (exact) mass is 337 g/mol. The molecule has 24 heavy (non-hydrogen) atoms. The van der Waals surface area contributed by atoms with Gasteiger partial charge in [0.1, 0.15) is 6.33 Å². The molecule has 2 aromatic carbocycles. The first-order chi connectivity index (χ1) is 11.6. The molecule has 122 valence electrons. The van der Waals surface area contributed by atoms with E-state index in [-0.39, 0.29) is 0 Å². The highest BCUT2D eigenvalue weighted by Crippen LogP contribution is 2.10. The maximum atomic E-state index is 5.30. The van der Waals surface area contributed by atoms with Gasteiger partial charge >= 0.3 is 0 Å². The second-order valence-corrected chi connectivity index (χ2v) is 6.11. The van der Waals surface area contributed by atoms with E-state index in [4.69, 9.17) is 12.2 Å². The van der Waals surface area contributed by atoms with E-state index >= 15 is 0 Å². The van der Waals surface area contributed by atoms with Crippen molar-refractivity contribution in [1.29, 1.82) is 0 Å². The lowest BCUT2D eigenvalue weighted by Crippen LogP contribution is -2.20. The van der Waals surface area contributed by atoms with Crippen molar-refractivity contribution in [3.8, 4) is 0 Å². The van der Waals surface area contributed by atoms with Crippen LogP contribution in [0.3, 0.4) is 0 Å². The second kappa shape index (κ2) is 7.23. The Kier molecular flexibility index (Phi) is 4.86. The first kappa shape index (κ1) is 16.1. The molecule has 0 aliphatic carbocycles. The summed E-state index contributed by atoms with van der Waals surface area (Å²) >= 11 is 5.30. The number of rotatable bonds is 4. The summed E-state index contributed by atoms with van der Waals surface area (Å²) in [5, 5.41) is 11.0. The molecule has 3 rings (SSSR count). The Bertz CT molecular complexity index is 839. The Hall–Kier alpha value is -2.73. The molecule has 0 fully saturated rings. The minimum atomic E-state index is 0.465. The number of benzene rings is 2. The molecule has 0 bridgehead atoms. The predicted molar refractivity (Wildman–Crippen MR) is 101 cm³/mol. The molecule has 6 heteroatoms. The molecule has 0 saturated carbocycles. The van der Waals surface area contributed by atoms with Gasteiger partial charge in [0, 0.05) is 5.69 Å². The van der Waals surface area contributed by atoms with E-state index in [9.17, 15) is 0 Å². The van der Waals surface area contributed by atoms with Gasteiger partial charge in [-0.05, 0) is 43.8 Å². The topological polar surface area (TPSA) is 54.8 Å². The summed E-state index contributed by atoms with van der Waals surface area (Å²) in [6.45, 7) is 4.80. The highest BCUT2D eigenvalue weighted by molar-refractivity contribution is 7.80. The van der Waals surface area contributed by atoms with Crippen molar-refractivity contribution >= 4 is 29.0 Å². The van der Waals surface area contributed by atoms with Crippen LogP contribution in [0, 0.1) is 13.8 Å². The van der Waals surface area contributed by atoms with Gasteiger partial charge in [0.2, 0.25) is 5.95 Å². The minimum absolute atomic E-state index is 0.465. The molecule has 3 aromatic rings. The van der Waals surface area contributed by atoms with Crippen LogP contribution in [0.4, 0.5) is 11.6 Å². The molecule has 0 amide bonds. The fourth-order valence-electron chi connectivity index (χ4n) is 2.33. The summed E-state index contributed by atoms with van der Waals surface area (Å²) in [5.41, 5.74) is 4.55. The summed E-state index contributed by atoms with van der Waals surface area (Å²) in [6.07, 6.45) is 1.69. The van der Waals surface area contributed by atoms with Crippen LogP contribution >= 0.6 is 12.2 Å². The van der Waals surface area contributed by atoms with Crippen LogP contribution in [0.15, 0.2) is 54.9 Å². The minimum Gasteiger partial charge on any atom is -0.332 e. The largest absolute Gasteiger partial charge is 0.332 e. The zero-order valence-electron chi connectivity index (χ0n) is 13.7. The van der Waals surface area contributed by atoms with Gasteiger partial charge in [-0.25, -0.2) is 9.67 Å². The lowest BCUT2D eigenvalue weighted by Gasteiger charge is -2.08. The molecule has 1 aromatic heterocycles. The van der Waals surface area contributed by atoms with Crippen LogP contribution in [-0.2, 0) is 6.54 Å². The molecule has 2 N–H and O–H groups in total. The van der Waals surface area contributed by atoms with E-state index < -0.39 is 0 Å². The van der Waals surface area contributed by atoms with Crippen molar-refractivity contribution in [2.45, 2.75) is 20.4 Å². The number of anilines is 2. The first-order valence-electron chi connectivity index (χ1n) is 7.68. The number of hydrogen-bond acceptors (Lipinski definition) is 3. The maximum absolute atomic E-state index is 5.30. The van der Waals surface area contributed by atoms with Gasteiger partial charge in [-0.3, -0.25) is 5.32 Å².